The summed E-state index contributed by atoms with van der Waals surface area (Å²) >= 11 is 0. The highest BCUT2D eigenvalue weighted by molar-refractivity contribution is 5.49. The molecule has 0 heteroatoms. The molecular formula is C20H20. The van der Waals surface area contributed by atoms with Gasteiger partial charge in [-0.1, -0.05) is 54.8 Å². The lowest BCUT2D eigenvalue weighted by Gasteiger charge is -2.45. The number of terminal acetylenes is 1. The maximum absolute atomic E-state index is 5.73. The van der Waals surface area contributed by atoms with Crippen molar-refractivity contribution in [2.75, 3.05) is 0 Å². The first-order valence-electron chi connectivity index (χ1n) is 7.69. The lowest BCUT2D eigenvalue weighted by atomic mass is 9.58. The minimum Gasteiger partial charge on any atom is -0.115 e. The molecule has 0 aliphatic heterocycles. The average molecular weight is 260 g/mol. The summed E-state index contributed by atoms with van der Waals surface area (Å²) in [5.74, 6) is 4.23. The molecule has 0 spiro atoms. The van der Waals surface area contributed by atoms with Crippen molar-refractivity contribution >= 4 is 0 Å². The number of benzene rings is 1. The van der Waals surface area contributed by atoms with E-state index in [4.69, 9.17) is 6.42 Å². The Labute approximate surface area is 121 Å². The number of rotatable bonds is 0. The van der Waals surface area contributed by atoms with Crippen molar-refractivity contribution < 1.29 is 0 Å². The molecule has 1 fully saturated rings. The van der Waals surface area contributed by atoms with Crippen molar-refractivity contribution in [1.29, 1.82) is 0 Å². The summed E-state index contributed by atoms with van der Waals surface area (Å²) < 4.78 is 0. The van der Waals surface area contributed by atoms with Gasteiger partial charge in [-0.15, -0.1) is 6.42 Å². The Morgan fingerprint density at radius 3 is 2.95 bits per heavy atom. The second-order valence-corrected chi connectivity index (χ2v) is 6.67. The molecule has 0 saturated heterocycles. The first-order valence-corrected chi connectivity index (χ1v) is 7.69. The van der Waals surface area contributed by atoms with Crippen LogP contribution in [0.4, 0.5) is 0 Å². The predicted molar refractivity (Wildman–Crippen MR) is 83.3 cm³/mol. The minimum atomic E-state index is 0.226. The number of hydrogen-bond donors (Lipinski definition) is 0. The van der Waals surface area contributed by atoms with Crippen LogP contribution in [0.25, 0.3) is 0 Å². The molecule has 0 radical (unpaired) electrons. The van der Waals surface area contributed by atoms with Crippen LogP contribution in [0.2, 0.25) is 0 Å². The fourth-order valence-electron chi connectivity index (χ4n) is 4.71. The van der Waals surface area contributed by atoms with E-state index >= 15 is 0 Å². The van der Waals surface area contributed by atoms with E-state index in [0.29, 0.717) is 11.8 Å². The van der Waals surface area contributed by atoms with Gasteiger partial charge in [-0.05, 0) is 42.7 Å². The zero-order valence-corrected chi connectivity index (χ0v) is 12.0. The molecule has 3 aliphatic carbocycles. The van der Waals surface area contributed by atoms with Crippen LogP contribution in [-0.2, 0) is 6.42 Å². The SMILES string of the molecule is C#CC1=CC[C@H]2C3=CCc4ccccc4[C@H]3CC[C@]12C. The van der Waals surface area contributed by atoms with Gasteiger partial charge in [0.15, 0.2) is 0 Å². The fraction of sp³-hybridized carbons (Fsp3) is 0.400. The molecule has 0 heterocycles. The molecule has 3 atom stereocenters. The largest absolute Gasteiger partial charge is 0.115 e. The van der Waals surface area contributed by atoms with Crippen molar-refractivity contribution in [3.8, 4) is 12.3 Å². The molecule has 4 rings (SSSR count). The van der Waals surface area contributed by atoms with E-state index in [1.165, 1.54) is 24.0 Å². The van der Waals surface area contributed by atoms with Crippen LogP contribution in [0.1, 0.15) is 43.2 Å². The highest BCUT2D eigenvalue weighted by Crippen LogP contribution is 2.59. The van der Waals surface area contributed by atoms with Gasteiger partial charge in [0.25, 0.3) is 0 Å². The van der Waals surface area contributed by atoms with Crippen molar-refractivity contribution in [1.82, 2.24) is 0 Å². The zero-order chi connectivity index (χ0) is 13.7. The monoisotopic (exact) mass is 260 g/mol. The molecule has 20 heavy (non-hydrogen) atoms. The van der Waals surface area contributed by atoms with E-state index in [9.17, 15) is 0 Å². The maximum Gasteiger partial charge on any atom is 0.00699 e. The quantitative estimate of drug-likeness (QED) is 0.471. The summed E-state index contributed by atoms with van der Waals surface area (Å²) in [7, 11) is 0. The summed E-state index contributed by atoms with van der Waals surface area (Å²) in [4.78, 5) is 0. The standard InChI is InChI=1S/C20H20/c1-3-15-9-11-19-18-10-8-14-6-4-5-7-16(14)17(18)12-13-20(15,19)2/h1,4-7,9-10,17,19H,8,11-13H2,2H3/t17-,19+,20-/m1/s1. The van der Waals surface area contributed by atoms with Gasteiger partial charge in [0.05, 0.1) is 0 Å². The Kier molecular flexibility index (Phi) is 2.48. The van der Waals surface area contributed by atoms with Crippen LogP contribution in [0.5, 0.6) is 0 Å². The smallest absolute Gasteiger partial charge is 0.00699 e. The topological polar surface area (TPSA) is 0 Å². The summed E-state index contributed by atoms with van der Waals surface area (Å²) in [5, 5.41) is 0. The third-order valence-corrected chi connectivity index (χ3v) is 5.84. The lowest BCUT2D eigenvalue weighted by Crippen LogP contribution is -2.35. The van der Waals surface area contributed by atoms with Gasteiger partial charge >= 0.3 is 0 Å². The Balaban J connectivity index is 1.77. The number of fused-ring (bicyclic) bond motifs is 5. The molecule has 0 aromatic heterocycles. The molecule has 0 bridgehead atoms. The molecule has 0 amide bonds. The molecule has 0 N–H and O–H groups in total. The number of hydrogen-bond acceptors (Lipinski definition) is 0. The van der Waals surface area contributed by atoms with Gasteiger partial charge in [0.1, 0.15) is 0 Å². The van der Waals surface area contributed by atoms with Crippen LogP contribution < -0.4 is 0 Å². The molecule has 100 valence electrons. The first kappa shape index (κ1) is 12.0. The molecular weight excluding hydrogens is 240 g/mol. The maximum atomic E-state index is 5.73. The fourth-order valence-corrected chi connectivity index (χ4v) is 4.71. The highest BCUT2D eigenvalue weighted by Gasteiger charge is 2.48. The van der Waals surface area contributed by atoms with Gasteiger partial charge in [0, 0.05) is 16.9 Å². The van der Waals surface area contributed by atoms with Crippen molar-refractivity contribution in [3.05, 3.63) is 58.7 Å². The second kappa shape index (κ2) is 4.13. The lowest BCUT2D eigenvalue weighted by molar-refractivity contribution is 0.224. The average Bonchev–Trinajstić information content (AvgIpc) is 2.83. The van der Waals surface area contributed by atoms with E-state index in [1.54, 1.807) is 11.1 Å². The van der Waals surface area contributed by atoms with Crippen molar-refractivity contribution in [3.63, 3.8) is 0 Å². The van der Waals surface area contributed by atoms with E-state index < -0.39 is 0 Å². The Hall–Kier alpha value is -1.74. The molecule has 1 aromatic rings. The van der Waals surface area contributed by atoms with Crippen LogP contribution in [0.3, 0.4) is 0 Å². The van der Waals surface area contributed by atoms with Gasteiger partial charge in [0.2, 0.25) is 0 Å². The zero-order valence-electron chi connectivity index (χ0n) is 12.0. The Bertz CT molecular complexity index is 668. The highest BCUT2D eigenvalue weighted by atomic mass is 14.5. The molecule has 3 aliphatic rings. The molecule has 1 saturated carbocycles. The minimum absolute atomic E-state index is 0.226. The van der Waals surface area contributed by atoms with Crippen LogP contribution in [0.15, 0.2) is 47.6 Å². The van der Waals surface area contributed by atoms with Crippen molar-refractivity contribution in [2.45, 2.75) is 38.5 Å². The van der Waals surface area contributed by atoms with E-state index in [-0.39, 0.29) is 5.41 Å². The van der Waals surface area contributed by atoms with E-state index in [2.05, 4.69) is 49.3 Å². The molecule has 0 unspecified atom stereocenters. The summed E-state index contributed by atoms with van der Waals surface area (Å²) in [6.45, 7) is 2.38. The third kappa shape index (κ3) is 1.44. The summed E-state index contributed by atoms with van der Waals surface area (Å²) in [6.07, 6.45) is 15.3. The van der Waals surface area contributed by atoms with Gasteiger partial charge < -0.3 is 0 Å². The van der Waals surface area contributed by atoms with Crippen LogP contribution in [-0.4, -0.2) is 0 Å². The van der Waals surface area contributed by atoms with Gasteiger partial charge in [-0.2, -0.15) is 0 Å². The summed E-state index contributed by atoms with van der Waals surface area (Å²) in [6, 6.07) is 8.98. The van der Waals surface area contributed by atoms with Crippen LogP contribution >= 0.6 is 0 Å². The first-order chi connectivity index (χ1) is 9.74. The predicted octanol–water partition coefficient (Wildman–Crippen LogP) is 4.63. The van der Waals surface area contributed by atoms with Crippen LogP contribution in [0, 0.1) is 23.7 Å². The van der Waals surface area contributed by atoms with Crippen molar-refractivity contribution in [2.24, 2.45) is 11.3 Å². The third-order valence-electron chi connectivity index (χ3n) is 5.84. The Morgan fingerprint density at radius 2 is 2.10 bits per heavy atom. The summed E-state index contributed by atoms with van der Waals surface area (Å²) in [5.41, 5.74) is 6.23. The van der Waals surface area contributed by atoms with Gasteiger partial charge in [-0.25, -0.2) is 0 Å². The van der Waals surface area contributed by atoms with Gasteiger partial charge in [-0.3, -0.25) is 0 Å². The van der Waals surface area contributed by atoms with E-state index in [0.717, 1.165) is 12.8 Å². The van der Waals surface area contributed by atoms with E-state index in [1.807, 2.05) is 0 Å². The second-order valence-electron chi connectivity index (χ2n) is 6.67. The molecule has 1 aromatic carbocycles. The normalized spacial score (nSPS) is 34.2. The number of allylic oxidation sites excluding steroid dienone is 4. The Morgan fingerprint density at radius 1 is 1.25 bits per heavy atom. The molecule has 0 nitrogen and oxygen atoms in total.